The molecule has 0 radical (unpaired) electrons. The molecule has 4 rings (SSSR count). The predicted molar refractivity (Wildman–Crippen MR) is 126 cm³/mol. The topological polar surface area (TPSA) is 37.3 Å². The zero-order valence-electron chi connectivity index (χ0n) is 15.5. The van der Waals surface area contributed by atoms with E-state index in [4.69, 9.17) is 16.6 Å². The third-order valence-corrected chi connectivity index (χ3v) is 5.45. The lowest BCUT2D eigenvalue weighted by Crippen LogP contribution is -1.87. The smallest absolute Gasteiger partial charge is 0.204 e. The van der Waals surface area contributed by atoms with Crippen LogP contribution in [0.4, 0.5) is 5.13 Å². The maximum absolute atomic E-state index is 6.05. The second-order valence-electron chi connectivity index (χ2n) is 6.23. The second kappa shape index (κ2) is 9.32. The quantitative estimate of drug-likeness (QED) is 0.266. The molecule has 3 aromatic carbocycles. The minimum absolute atomic E-state index is 0.715. The minimum Gasteiger partial charge on any atom is -0.253 e. The molecule has 0 unspecified atom stereocenters. The number of hydrogen-bond acceptors (Lipinski definition) is 4. The molecule has 0 saturated heterocycles. The van der Waals surface area contributed by atoms with Gasteiger partial charge in [0.2, 0.25) is 5.13 Å². The van der Waals surface area contributed by atoms with Gasteiger partial charge >= 0.3 is 0 Å². The SMILES string of the molecule is Clc1ccc(-c2sc(N/N=C\C=C\c3ccccc3)nc2-c2ccccc2)cc1. The van der Waals surface area contributed by atoms with Gasteiger partial charge in [0.1, 0.15) is 0 Å². The summed E-state index contributed by atoms with van der Waals surface area (Å²) in [5.41, 5.74) is 7.24. The number of thiazole rings is 1. The molecule has 0 bridgehead atoms. The summed E-state index contributed by atoms with van der Waals surface area (Å²) in [4.78, 5) is 5.85. The lowest BCUT2D eigenvalue weighted by molar-refractivity contribution is 1.29. The first-order valence-corrected chi connectivity index (χ1v) is 10.3. The zero-order valence-corrected chi connectivity index (χ0v) is 17.1. The number of anilines is 1. The van der Waals surface area contributed by atoms with Crippen LogP contribution in [0.25, 0.3) is 27.8 Å². The predicted octanol–water partition coefficient (Wildman–Crippen LogP) is 7.24. The molecule has 1 aromatic heterocycles. The van der Waals surface area contributed by atoms with Crippen LogP contribution in [-0.2, 0) is 0 Å². The second-order valence-corrected chi connectivity index (χ2v) is 7.66. The molecule has 0 amide bonds. The number of aromatic nitrogens is 1. The summed E-state index contributed by atoms with van der Waals surface area (Å²) in [7, 11) is 0. The van der Waals surface area contributed by atoms with Crippen LogP contribution in [0.5, 0.6) is 0 Å². The van der Waals surface area contributed by atoms with E-state index in [1.807, 2.05) is 84.9 Å². The molecule has 0 spiro atoms. The fourth-order valence-electron chi connectivity index (χ4n) is 2.81. The molecule has 0 atom stereocenters. The number of nitrogens with one attached hydrogen (secondary N) is 1. The normalized spacial score (nSPS) is 11.3. The summed E-state index contributed by atoms with van der Waals surface area (Å²) < 4.78 is 0. The number of hydrazone groups is 1. The van der Waals surface area contributed by atoms with Crippen molar-refractivity contribution in [2.75, 3.05) is 5.43 Å². The Morgan fingerprint density at radius 1 is 0.828 bits per heavy atom. The first-order valence-electron chi connectivity index (χ1n) is 9.12. The highest BCUT2D eigenvalue weighted by Crippen LogP contribution is 2.39. The Labute approximate surface area is 179 Å². The number of benzene rings is 3. The maximum Gasteiger partial charge on any atom is 0.204 e. The Kier molecular flexibility index (Phi) is 6.15. The lowest BCUT2D eigenvalue weighted by Gasteiger charge is -2.02. The summed E-state index contributed by atoms with van der Waals surface area (Å²) in [5, 5.41) is 5.73. The van der Waals surface area contributed by atoms with E-state index in [2.05, 4.69) is 22.7 Å². The summed E-state index contributed by atoms with van der Waals surface area (Å²) in [6.07, 6.45) is 5.62. The Morgan fingerprint density at radius 3 is 2.24 bits per heavy atom. The Hall–Kier alpha value is -3.21. The van der Waals surface area contributed by atoms with Crippen molar-refractivity contribution in [3.63, 3.8) is 0 Å². The van der Waals surface area contributed by atoms with E-state index in [0.29, 0.717) is 5.02 Å². The van der Waals surface area contributed by atoms with Crippen LogP contribution >= 0.6 is 22.9 Å². The maximum atomic E-state index is 6.05. The van der Waals surface area contributed by atoms with E-state index >= 15 is 0 Å². The molecule has 29 heavy (non-hydrogen) atoms. The van der Waals surface area contributed by atoms with Gasteiger partial charge in [-0.15, -0.1) is 0 Å². The van der Waals surface area contributed by atoms with Gasteiger partial charge in [0.25, 0.3) is 0 Å². The Bertz CT molecular complexity index is 1120. The summed E-state index contributed by atoms with van der Waals surface area (Å²) in [6, 6.07) is 28.1. The van der Waals surface area contributed by atoms with Crippen molar-refractivity contribution in [3.05, 3.63) is 102 Å². The van der Waals surface area contributed by atoms with Crippen LogP contribution in [0.1, 0.15) is 5.56 Å². The van der Waals surface area contributed by atoms with Crippen molar-refractivity contribution in [1.82, 2.24) is 4.98 Å². The van der Waals surface area contributed by atoms with E-state index in [9.17, 15) is 0 Å². The molecule has 5 heteroatoms. The number of rotatable bonds is 6. The molecule has 0 fully saturated rings. The van der Waals surface area contributed by atoms with Crippen LogP contribution in [0.2, 0.25) is 5.02 Å². The number of hydrogen-bond donors (Lipinski definition) is 1. The summed E-state index contributed by atoms with van der Waals surface area (Å²) >= 11 is 7.62. The van der Waals surface area contributed by atoms with E-state index in [-0.39, 0.29) is 0 Å². The van der Waals surface area contributed by atoms with E-state index < -0.39 is 0 Å². The average molecular weight is 416 g/mol. The summed E-state index contributed by atoms with van der Waals surface area (Å²) in [5.74, 6) is 0. The van der Waals surface area contributed by atoms with Crippen molar-refractivity contribution >= 4 is 40.4 Å². The van der Waals surface area contributed by atoms with Crippen LogP contribution in [0, 0.1) is 0 Å². The molecular formula is C24H18ClN3S. The third-order valence-electron chi connectivity index (χ3n) is 4.19. The lowest BCUT2D eigenvalue weighted by atomic mass is 10.1. The highest BCUT2D eigenvalue weighted by atomic mass is 35.5. The molecule has 0 aliphatic carbocycles. The van der Waals surface area contributed by atoms with Crippen molar-refractivity contribution in [1.29, 1.82) is 0 Å². The Balaban J connectivity index is 1.57. The fourth-order valence-corrected chi connectivity index (χ4v) is 3.88. The fraction of sp³-hybridized carbons (Fsp3) is 0. The van der Waals surface area contributed by atoms with Crippen molar-refractivity contribution in [2.45, 2.75) is 0 Å². The van der Waals surface area contributed by atoms with Gasteiger partial charge in [-0.1, -0.05) is 102 Å². The number of nitrogens with zero attached hydrogens (tertiary/aromatic N) is 2. The van der Waals surface area contributed by atoms with Crippen LogP contribution < -0.4 is 5.43 Å². The van der Waals surface area contributed by atoms with Crippen molar-refractivity contribution in [3.8, 4) is 21.7 Å². The van der Waals surface area contributed by atoms with Crippen molar-refractivity contribution < 1.29 is 0 Å². The van der Waals surface area contributed by atoms with Gasteiger partial charge in [0, 0.05) is 16.8 Å². The molecule has 1 heterocycles. The van der Waals surface area contributed by atoms with E-state index in [1.54, 1.807) is 17.6 Å². The molecule has 0 aliphatic rings. The average Bonchev–Trinajstić information content (AvgIpc) is 3.20. The third kappa shape index (κ3) is 4.99. The monoisotopic (exact) mass is 415 g/mol. The number of allylic oxidation sites excluding steroid dienone is 1. The van der Waals surface area contributed by atoms with Crippen molar-refractivity contribution in [2.24, 2.45) is 5.10 Å². The van der Waals surface area contributed by atoms with Crippen LogP contribution in [-0.4, -0.2) is 11.2 Å². The van der Waals surface area contributed by atoms with Gasteiger partial charge < -0.3 is 0 Å². The molecule has 3 nitrogen and oxygen atoms in total. The highest BCUT2D eigenvalue weighted by Gasteiger charge is 2.14. The van der Waals surface area contributed by atoms with E-state index in [0.717, 1.165) is 32.4 Å². The molecular weight excluding hydrogens is 398 g/mol. The molecule has 1 N–H and O–H groups in total. The number of halogens is 1. The minimum atomic E-state index is 0.715. The standard InChI is InChI=1S/C24H18ClN3S/c25-21-15-13-20(14-16-21)23-22(19-11-5-2-6-12-19)27-24(29-23)28-26-17-7-10-18-8-3-1-4-9-18/h1-17H,(H,27,28)/b10-7+,26-17-. The molecule has 0 aliphatic heterocycles. The first-order chi connectivity index (χ1) is 14.3. The molecule has 142 valence electrons. The molecule has 0 saturated carbocycles. The molecule has 4 aromatic rings. The Morgan fingerprint density at radius 2 is 1.52 bits per heavy atom. The largest absolute Gasteiger partial charge is 0.253 e. The summed E-state index contributed by atoms with van der Waals surface area (Å²) in [6.45, 7) is 0. The van der Waals surface area contributed by atoms with Gasteiger partial charge in [0.15, 0.2) is 0 Å². The zero-order chi connectivity index (χ0) is 19.9. The van der Waals surface area contributed by atoms with Crippen LogP contribution in [0.3, 0.4) is 0 Å². The van der Waals surface area contributed by atoms with Gasteiger partial charge in [-0.25, -0.2) is 4.98 Å². The van der Waals surface area contributed by atoms with Gasteiger partial charge in [-0.05, 0) is 29.3 Å². The van der Waals surface area contributed by atoms with Gasteiger partial charge in [0.05, 0.1) is 10.6 Å². The van der Waals surface area contributed by atoms with E-state index in [1.165, 1.54) is 0 Å². The van der Waals surface area contributed by atoms with Crippen LogP contribution in [0.15, 0.2) is 96.1 Å². The first kappa shape index (κ1) is 19.1. The highest BCUT2D eigenvalue weighted by molar-refractivity contribution is 7.19. The van der Waals surface area contributed by atoms with Gasteiger partial charge in [-0.3, -0.25) is 5.43 Å². The van der Waals surface area contributed by atoms with Gasteiger partial charge in [-0.2, -0.15) is 5.10 Å².